The molecule has 0 aliphatic heterocycles. The Hall–Kier alpha value is -0.820. The van der Waals surface area contributed by atoms with E-state index < -0.39 is 0 Å². The summed E-state index contributed by atoms with van der Waals surface area (Å²) in [6.45, 7) is 6.79. The molecule has 0 radical (unpaired) electrons. The summed E-state index contributed by atoms with van der Waals surface area (Å²) in [6.07, 6.45) is 8.56. The maximum absolute atomic E-state index is 3.57. The second kappa shape index (κ2) is 8.46. The molecule has 1 aromatic rings. The van der Waals surface area contributed by atoms with Crippen molar-refractivity contribution in [3.63, 3.8) is 0 Å². The zero-order valence-electron chi connectivity index (χ0n) is 13.3. The zero-order valence-corrected chi connectivity index (χ0v) is 13.3. The fourth-order valence-corrected chi connectivity index (χ4v) is 3.88. The van der Waals surface area contributed by atoms with E-state index in [1.807, 2.05) is 0 Å². The van der Waals surface area contributed by atoms with Crippen LogP contribution in [0.4, 0.5) is 0 Å². The fraction of sp³-hybridized carbons (Fsp3) is 0.684. The molecule has 2 rings (SSSR count). The van der Waals surface area contributed by atoms with Gasteiger partial charge in [-0.05, 0) is 36.3 Å². The summed E-state index contributed by atoms with van der Waals surface area (Å²) in [6, 6.07) is 11.1. The highest BCUT2D eigenvalue weighted by Gasteiger charge is 2.26. The maximum atomic E-state index is 3.57. The first-order valence-corrected chi connectivity index (χ1v) is 8.60. The number of hydrogen-bond acceptors (Lipinski definition) is 1. The first kappa shape index (κ1) is 15.6. The van der Waals surface area contributed by atoms with E-state index >= 15 is 0 Å². The summed E-state index contributed by atoms with van der Waals surface area (Å²) in [5, 5.41) is 3.57. The van der Waals surface area contributed by atoms with Crippen LogP contribution in [-0.2, 0) is 0 Å². The van der Waals surface area contributed by atoms with Gasteiger partial charge in [0.25, 0.3) is 0 Å². The number of nitrogens with one attached hydrogen (secondary N) is 1. The van der Waals surface area contributed by atoms with E-state index in [1.165, 1.54) is 44.1 Å². The van der Waals surface area contributed by atoms with Crippen LogP contribution in [-0.4, -0.2) is 13.1 Å². The molecule has 20 heavy (non-hydrogen) atoms. The smallest absolute Gasteiger partial charge is 0.00201 e. The summed E-state index contributed by atoms with van der Waals surface area (Å²) in [5.41, 5.74) is 1.52. The molecular weight excluding hydrogens is 242 g/mol. The lowest BCUT2D eigenvalue weighted by molar-refractivity contribution is 0.205. The standard InChI is InChI=1S/C19H31N/c1-3-16-10-8-9-13-18(16)14-19(15-20-4-2)17-11-6-5-7-12-17/h5-7,11-12,16,18-20H,3-4,8-10,13-15H2,1-2H3. The topological polar surface area (TPSA) is 12.0 Å². The van der Waals surface area contributed by atoms with Gasteiger partial charge in [0.2, 0.25) is 0 Å². The fourth-order valence-electron chi connectivity index (χ4n) is 3.88. The van der Waals surface area contributed by atoms with Gasteiger partial charge in [0.1, 0.15) is 0 Å². The van der Waals surface area contributed by atoms with Crippen molar-refractivity contribution in [3.05, 3.63) is 35.9 Å². The summed E-state index contributed by atoms with van der Waals surface area (Å²) in [7, 11) is 0. The molecule has 1 N–H and O–H groups in total. The van der Waals surface area contributed by atoms with Crippen LogP contribution >= 0.6 is 0 Å². The Kier molecular flexibility index (Phi) is 6.59. The van der Waals surface area contributed by atoms with E-state index in [2.05, 4.69) is 49.5 Å². The van der Waals surface area contributed by atoms with Crippen molar-refractivity contribution in [2.24, 2.45) is 11.8 Å². The highest BCUT2D eigenvalue weighted by atomic mass is 14.8. The van der Waals surface area contributed by atoms with Gasteiger partial charge in [0, 0.05) is 6.54 Å². The van der Waals surface area contributed by atoms with Crippen molar-refractivity contribution < 1.29 is 0 Å². The van der Waals surface area contributed by atoms with Crippen LogP contribution in [0.2, 0.25) is 0 Å². The molecular formula is C19H31N. The lowest BCUT2D eigenvalue weighted by Gasteiger charge is -2.34. The van der Waals surface area contributed by atoms with Gasteiger partial charge in [0.15, 0.2) is 0 Å². The molecule has 0 heterocycles. The van der Waals surface area contributed by atoms with E-state index in [4.69, 9.17) is 0 Å². The third-order valence-electron chi connectivity index (χ3n) is 5.09. The monoisotopic (exact) mass is 273 g/mol. The molecule has 112 valence electrons. The summed E-state index contributed by atoms with van der Waals surface area (Å²) in [5.74, 6) is 2.60. The maximum Gasteiger partial charge on any atom is 0.00201 e. The van der Waals surface area contributed by atoms with Crippen LogP contribution in [0.1, 0.15) is 63.9 Å². The largest absolute Gasteiger partial charge is 0.316 e. The summed E-state index contributed by atoms with van der Waals surface area (Å²) in [4.78, 5) is 0. The third-order valence-corrected chi connectivity index (χ3v) is 5.09. The van der Waals surface area contributed by atoms with E-state index in [0.717, 1.165) is 24.9 Å². The third kappa shape index (κ3) is 4.34. The van der Waals surface area contributed by atoms with Crippen LogP contribution < -0.4 is 5.32 Å². The van der Waals surface area contributed by atoms with Crippen molar-refractivity contribution in [1.29, 1.82) is 0 Å². The van der Waals surface area contributed by atoms with Gasteiger partial charge in [-0.25, -0.2) is 0 Å². The number of benzene rings is 1. The van der Waals surface area contributed by atoms with E-state index in [1.54, 1.807) is 0 Å². The minimum Gasteiger partial charge on any atom is -0.316 e. The molecule has 0 aromatic heterocycles. The van der Waals surface area contributed by atoms with Crippen LogP contribution in [0.5, 0.6) is 0 Å². The molecule has 0 saturated heterocycles. The molecule has 0 bridgehead atoms. The van der Waals surface area contributed by atoms with Crippen LogP contribution in [0.15, 0.2) is 30.3 Å². The molecule has 1 aliphatic carbocycles. The van der Waals surface area contributed by atoms with Crippen molar-refractivity contribution in [1.82, 2.24) is 5.32 Å². The first-order valence-electron chi connectivity index (χ1n) is 8.60. The Labute approximate surface area is 125 Å². The molecule has 0 amide bonds. The van der Waals surface area contributed by atoms with Gasteiger partial charge >= 0.3 is 0 Å². The Balaban J connectivity index is 2.03. The predicted octanol–water partition coefficient (Wildman–Crippen LogP) is 4.99. The first-order chi connectivity index (χ1) is 9.85. The Morgan fingerprint density at radius 3 is 2.40 bits per heavy atom. The highest BCUT2D eigenvalue weighted by molar-refractivity contribution is 5.20. The minimum atomic E-state index is 0.688. The Bertz CT molecular complexity index is 359. The number of rotatable bonds is 7. The van der Waals surface area contributed by atoms with Crippen molar-refractivity contribution in [2.75, 3.05) is 13.1 Å². The number of likely N-dealkylation sites (N-methyl/N-ethyl adjacent to an activating group) is 1. The average Bonchev–Trinajstić information content (AvgIpc) is 2.52. The molecule has 3 unspecified atom stereocenters. The normalized spacial score (nSPS) is 24.5. The van der Waals surface area contributed by atoms with Crippen LogP contribution in [0.3, 0.4) is 0 Å². The Morgan fingerprint density at radius 1 is 1.05 bits per heavy atom. The lowest BCUT2D eigenvalue weighted by atomic mass is 9.73. The summed E-state index contributed by atoms with van der Waals surface area (Å²) < 4.78 is 0. The second-order valence-corrected chi connectivity index (χ2v) is 6.36. The second-order valence-electron chi connectivity index (χ2n) is 6.36. The van der Waals surface area contributed by atoms with E-state index in [9.17, 15) is 0 Å². The molecule has 1 aliphatic rings. The lowest BCUT2D eigenvalue weighted by Crippen LogP contribution is -2.27. The van der Waals surface area contributed by atoms with Crippen LogP contribution in [0, 0.1) is 11.8 Å². The molecule has 3 atom stereocenters. The van der Waals surface area contributed by atoms with E-state index in [0.29, 0.717) is 5.92 Å². The predicted molar refractivity (Wildman–Crippen MR) is 88.1 cm³/mol. The molecule has 1 heteroatoms. The SMILES string of the molecule is CCNCC(CC1CCCCC1CC)c1ccccc1. The molecule has 0 spiro atoms. The van der Waals surface area contributed by atoms with Crippen LogP contribution in [0.25, 0.3) is 0 Å². The quantitative estimate of drug-likeness (QED) is 0.738. The zero-order chi connectivity index (χ0) is 14.2. The molecule has 1 saturated carbocycles. The van der Waals surface area contributed by atoms with Gasteiger partial charge in [-0.1, -0.05) is 76.3 Å². The van der Waals surface area contributed by atoms with E-state index in [-0.39, 0.29) is 0 Å². The summed E-state index contributed by atoms with van der Waals surface area (Å²) >= 11 is 0. The van der Waals surface area contributed by atoms with Crippen molar-refractivity contribution >= 4 is 0 Å². The Morgan fingerprint density at radius 2 is 1.75 bits per heavy atom. The average molecular weight is 273 g/mol. The van der Waals surface area contributed by atoms with Gasteiger partial charge in [-0.2, -0.15) is 0 Å². The van der Waals surface area contributed by atoms with Gasteiger partial charge in [-0.15, -0.1) is 0 Å². The molecule has 1 aromatic carbocycles. The van der Waals surface area contributed by atoms with Gasteiger partial charge in [-0.3, -0.25) is 0 Å². The number of hydrogen-bond donors (Lipinski definition) is 1. The molecule has 1 fully saturated rings. The highest BCUT2D eigenvalue weighted by Crippen LogP contribution is 2.38. The van der Waals surface area contributed by atoms with Crippen molar-refractivity contribution in [3.8, 4) is 0 Å². The minimum absolute atomic E-state index is 0.688. The molecule has 1 nitrogen and oxygen atoms in total. The van der Waals surface area contributed by atoms with Crippen molar-refractivity contribution in [2.45, 2.75) is 58.3 Å². The van der Waals surface area contributed by atoms with Gasteiger partial charge in [0.05, 0.1) is 0 Å². The van der Waals surface area contributed by atoms with Gasteiger partial charge < -0.3 is 5.32 Å².